The second-order valence-electron chi connectivity index (χ2n) is 6.31. The van der Waals surface area contributed by atoms with Crippen LogP contribution in [0.2, 0.25) is 5.02 Å². The quantitative estimate of drug-likeness (QED) is 0.768. The molecule has 0 radical (unpaired) electrons. The van der Waals surface area contributed by atoms with E-state index in [4.69, 9.17) is 21.1 Å². The van der Waals surface area contributed by atoms with E-state index in [1.807, 2.05) is 0 Å². The molecule has 9 heteroatoms. The summed E-state index contributed by atoms with van der Waals surface area (Å²) in [6, 6.07) is 9.78. The van der Waals surface area contributed by atoms with E-state index < -0.39 is 15.9 Å². The number of amides is 1. The molecule has 0 aromatic heterocycles. The van der Waals surface area contributed by atoms with Crippen LogP contribution in [0.1, 0.15) is 19.4 Å². The number of hydrogen-bond acceptors (Lipinski definition) is 5. The Bertz CT molecular complexity index is 1110. The van der Waals surface area contributed by atoms with Crippen LogP contribution in [0.3, 0.4) is 0 Å². The number of ether oxygens (including phenoxy) is 2. The molecule has 0 unspecified atom stereocenters. The third-order valence-corrected chi connectivity index (χ3v) is 6.92. The van der Waals surface area contributed by atoms with Crippen molar-refractivity contribution in [3.05, 3.63) is 51.9 Å². The molecule has 0 saturated carbocycles. The SMILES string of the molecule is CCN1c2cc(OC)c(OC)cc2C(C)=C(C(=O)Nc2cccc(Cl)c2)S1(=O)=O. The van der Waals surface area contributed by atoms with Gasteiger partial charge in [-0.05, 0) is 43.7 Å². The number of sulfonamides is 1. The second kappa shape index (κ2) is 7.96. The average Bonchev–Trinajstić information content (AvgIpc) is 2.66. The Labute approximate surface area is 174 Å². The number of benzene rings is 2. The van der Waals surface area contributed by atoms with Crippen molar-refractivity contribution in [2.45, 2.75) is 13.8 Å². The maximum atomic E-state index is 13.3. The first-order valence-electron chi connectivity index (χ1n) is 8.81. The average molecular weight is 437 g/mol. The highest BCUT2D eigenvalue weighted by Gasteiger charge is 2.39. The summed E-state index contributed by atoms with van der Waals surface area (Å²) < 4.78 is 38.4. The third kappa shape index (κ3) is 3.65. The number of fused-ring (bicyclic) bond motifs is 1. The fourth-order valence-electron chi connectivity index (χ4n) is 3.31. The number of halogens is 1. The Morgan fingerprint density at radius 3 is 2.38 bits per heavy atom. The number of nitrogens with zero attached hydrogens (tertiary/aromatic N) is 1. The van der Waals surface area contributed by atoms with E-state index >= 15 is 0 Å². The van der Waals surface area contributed by atoms with Gasteiger partial charge in [0.05, 0.1) is 19.9 Å². The van der Waals surface area contributed by atoms with Crippen molar-refractivity contribution in [2.75, 3.05) is 30.4 Å². The Morgan fingerprint density at radius 2 is 1.79 bits per heavy atom. The van der Waals surface area contributed by atoms with Gasteiger partial charge in [0, 0.05) is 28.9 Å². The van der Waals surface area contributed by atoms with Crippen molar-refractivity contribution in [3.63, 3.8) is 0 Å². The number of allylic oxidation sites excluding steroid dienone is 1. The largest absolute Gasteiger partial charge is 0.493 e. The van der Waals surface area contributed by atoms with Crippen LogP contribution in [0.25, 0.3) is 5.57 Å². The van der Waals surface area contributed by atoms with Crippen LogP contribution in [0, 0.1) is 0 Å². The summed E-state index contributed by atoms with van der Waals surface area (Å²) in [6.07, 6.45) is 0. The second-order valence-corrected chi connectivity index (χ2v) is 8.55. The summed E-state index contributed by atoms with van der Waals surface area (Å²) in [6.45, 7) is 3.44. The molecule has 0 aliphatic carbocycles. The summed E-state index contributed by atoms with van der Waals surface area (Å²) in [5.41, 5.74) is 1.74. The number of nitrogens with one attached hydrogen (secondary N) is 1. The molecule has 154 valence electrons. The van der Waals surface area contributed by atoms with Gasteiger partial charge >= 0.3 is 0 Å². The molecule has 1 N–H and O–H groups in total. The van der Waals surface area contributed by atoms with Crippen molar-refractivity contribution < 1.29 is 22.7 Å². The maximum Gasteiger partial charge on any atom is 0.270 e. The molecule has 0 saturated heterocycles. The number of methoxy groups -OCH3 is 2. The van der Waals surface area contributed by atoms with Crippen molar-refractivity contribution in [2.24, 2.45) is 0 Å². The van der Waals surface area contributed by atoms with Gasteiger partial charge in [-0.3, -0.25) is 9.10 Å². The van der Waals surface area contributed by atoms with Crippen molar-refractivity contribution in [1.82, 2.24) is 0 Å². The highest BCUT2D eigenvalue weighted by Crippen LogP contribution is 2.44. The van der Waals surface area contributed by atoms with E-state index in [-0.39, 0.29) is 11.4 Å². The van der Waals surface area contributed by atoms with Crippen LogP contribution in [0.5, 0.6) is 11.5 Å². The van der Waals surface area contributed by atoms with E-state index in [2.05, 4.69) is 5.32 Å². The zero-order valence-corrected chi connectivity index (χ0v) is 18.0. The fourth-order valence-corrected chi connectivity index (χ4v) is 5.26. The molecule has 0 atom stereocenters. The van der Waals surface area contributed by atoms with Crippen molar-refractivity contribution in [1.29, 1.82) is 0 Å². The molecule has 1 aliphatic heterocycles. The van der Waals surface area contributed by atoms with Crippen LogP contribution in [0.4, 0.5) is 11.4 Å². The molecule has 1 heterocycles. The van der Waals surface area contributed by atoms with Crippen LogP contribution >= 0.6 is 11.6 Å². The van der Waals surface area contributed by atoms with E-state index in [0.29, 0.717) is 39.0 Å². The van der Waals surface area contributed by atoms with Gasteiger partial charge in [0.2, 0.25) is 0 Å². The van der Waals surface area contributed by atoms with Crippen LogP contribution in [-0.4, -0.2) is 35.1 Å². The third-order valence-electron chi connectivity index (χ3n) is 4.64. The Balaban J connectivity index is 2.19. The lowest BCUT2D eigenvalue weighted by molar-refractivity contribution is -0.112. The summed E-state index contributed by atoms with van der Waals surface area (Å²) in [5, 5.41) is 3.05. The van der Waals surface area contributed by atoms with E-state index in [1.54, 1.807) is 50.2 Å². The first-order chi connectivity index (χ1) is 13.7. The van der Waals surface area contributed by atoms with E-state index in [0.717, 1.165) is 0 Å². The Hall–Kier alpha value is -2.71. The molecule has 1 aliphatic rings. The highest BCUT2D eigenvalue weighted by atomic mass is 35.5. The number of rotatable bonds is 5. The molecule has 0 fully saturated rings. The molecule has 2 aromatic carbocycles. The summed E-state index contributed by atoms with van der Waals surface area (Å²) in [5.74, 6) is 0.110. The van der Waals surface area contributed by atoms with Gasteiger partial charge < -0.3 is 14.8 Å². The summed E-state index contributed by atoms with van der Waals surface area (Å²) in [4.78, 5) is 12.7. The monoisotopic (exact) mass is 436 g/mol. The standard InChI is InChI=1S/C20H21ClN2O5S/c1-5-23-16-11-18(28-4)17(27-3)10-15(16)12(2)19(29(23,25)26)20(24)22-14-8-6-7-13(21)9-14/h6-11H,5H2,1-4H3,(H,22,24). The molecular formula is C20H21ClN2O5S. The Kier molecular flexibility index (Phi) is 5.77. The number of anilines is 2. The van der Waals surface area contributed by atoms with Crippen LogP contribution in [0.15, 0.2) is 41.3 Å². The van der Waals surface area contributed by atoms with E-state index in [1.165, 1.54) is 18.5 Å². The fraction of sp³-hybridized carbons (Fsp3) is 0.250. The van der Waals surface area contributed by atoms with E-state index in [9.17, 15) is 13.2 Å². The number of carbonyl (C=O) groups excluding carboxylic acids is 1. The predicted molar refractivity (Wildman–Crippen MR) is 114 cm³/mol. The topological polar surface area (TPSA) is 84.9 Å². The van der Waals surface area contributed by atoms with Gasteiger partial charge in [0.15, 0.2) is 16.4 Å². The lowest BCUT2D eigenvalue weighted by atomic mass is 10.0. The van der Waals surface area contributed by atoms with Gasteiger partial charge in [0.1, 0.15) is 0 Å². The molecule has 29 heavy (non-hydrogen) atoms. The molecule has 3 rings (SSSR count). The molecule has 2 aromatic rings. The molecule has 0 spiro atoms. The smallest absolute Gasteiger partial charge is 0.270 e. The molecular weight excluding hydrogens is 416 g/mol. The van der Waals surface area contributed by atoms with Crippen LogP contribution in [-0.2, 0) is 14.8 Å². The number of carbonyl (C=O) groups is 1. The zero-order chi connectivity index (χ0) is 21.3. The minimum Gasteiger partial charge on any atom is -0.493 e. The van der Waals surface area contributed by atoms with Crippen molar-refractivity contribution in [3.8, 4) is 11.5 Å². The molecule has 1 amide bonds. The minimum atomic E-state index is -4.08. The lowest BCUT2D eigenvalue weighted by Gasteiger charge is -2.32. The van der Waals surface area contributed by atoms with Gasteiger partial charge in [-0.1, -0.05) is 17.7 Å². The number of hydrogen-bond donors (Lipinski definition) is 1. The van der Waals surface area contributed by atoms with Gasteiger partial charge in [0.25, 0.3) is 15.9 Å². The highest BCUT2D eigenvalue weighted by molar-refractivity contribution is 7.97. The van der Waals surface area contributed by atoms with Gasteiger partial charge in [-0.15, -0.1) is 0 Å². The first kappa shape index (κ1) is 21.0. The molecule has 0 bridgehead atoms. The summed E-state index contributed by atoms with van der Waals surface area (Å²) in [7, 11) is -1.11. The van der Waals surface area contributed by atoms with Crippen molar-refractivity contribution >= 4 is 44.5 Å². The lowest BCUT2D eigenvalue weighted by Crippen LogP contribution is -2.39. The van der Waals surface area contributed by atoms with Gasteiger partial charge in [-0.2, -0.15) is 0 Å². The normalized spacial score (nSPS) is 15.0. The molecule has 7 nitrogen and oxygen atoms in total. The van der Waals surface area contributed by atoms with Crippen LogP contribution < -0.4 is 19.1 Å². The zero-order valence-electron chi connectivity index (χ0n) is 16.4. The minimum absolute atomic E-state index is 0.145. The summed E-state index contributed by atoms with van der Waals surface area (Å²) >= 11 is 5.96. The van der Waals surface area contributed by atoms with Gasteiger partial charge in [-0.25, -0.2) is 8.42 Å². The first-order valence-corrected chi connectivity index (χ1v) is 10.6. The Morgan fingerprint density at radius 1 is 1.14 bits per heavy atom. The predicted octanol–water partition coefficient (Wildman–Crippen LogP) is 3.90. The maximum absolute atomic E-state index is 13.3.